The molecular formula is C17H11ClN2O3. The highest BCUT2D eigenvalue weighted by atomic mass is 35.5. The lowest BCUT2D eigenvalue weighted by atomic mass is 10.00. The first-order valence-electron chi connectivity index (χ1n) is 6.79. The Balaban J connectivity index is 2.03. The minimum atomic E-state index is -0.550. The number of nitrogens with zero attached hydrogens (tertiary/aromatic N) is 1. The third-order valence-corrected chi connectivity index (χ3v) is 3.77. The molecule has 0 aliphatic heterocycles. The van der Waals surface area contributed by atoms with E-state index in [0.29, 0.717) is 11.3 Å². The fourth-order valence-electron chi connectivity index (χ4n) is 2.35. The van der Waals surface area contributed by atoms with E-state index in [-0.39, 0.29) is 22.1 Å². The number of carbonyl (C=O) groups excluding carboxylic acids is 1. The maximum atomic E-state index is 12.7. The standard InChI is InChI=1S/C17H11ClN2O3/c18-15-10-12(20(22)23)6-7-13(15)17(21)14-8-9-19-16(14)11-4-2-1-3-5-11/h1-10,19H. The monoisotopic (exact) mass is 326 g/mol. The SMILES string of the molecule is O=C(c1ccc([N+](=O)[O-])cc1Cl)c1cc[nH]c1-c1ccccc1. The molecule has 0 radical (unpaired) electrons. The topological polar surface area (TPSA) is 76.0 Å². The normalized spacial score (nSPS) is 10.5. The number of hydrogen-bond acceptors (Lipinski definition) is 3. The molecule has 0 atom stereocenters. The Bertz CT molecular complexity index is 888. The van der Waals surface area contributed by atoms with Crippen molar-refractivity contribution >= 4 is 23.1 Å². The molecule has 3 aromatic rings. The van der Waals surface area contributed by atoms with Gasteiger partial charge in [-0.05, 0) is 17.7 Å². The molecule has 0 fully saturated rings. The lowest BCUT2D eigenvalue weighted by molar-refractivity contribution is -0.384. The van der Waals surface area contributed by atoms with Crippen molar-refractivity contribution in [2.45, 2.75) is 0 Å². The van der Waals surface area contributed by atoms with Crippen LogP contribution in [0.1, 0.15) is 15.9 Å². The number of carbonyl (C=O) groups is 1. The van der Waals surface area contributed by atoms with Gasteiger partial charge in [0.25, 0.3) is 5.69 Å². The minimum absolute atomic E-state index is 0.0596. The number of non-ortho nitro benzene ring substituents is 1. The molecule has 0 aliphatic carbocycles. The zero-order chi connectivity index (χ0) is 16.4. The van der Waals surface area contributed by atoms with Crippen molar-refractivity contribution in [2.75, 3.05) is 0 Å². The lowest BCUT2D eigenvalue weighted by Gasteiger charge is -2.06. The second-order valence-electron chi connectivity index (χ2n) is 4.88. The van der Waals surface area contributed by atoms with Gasteiger partial charge in [-0.3, -0.25) is 14.9 Å². The van der Waals surface area contributed by atoms with Crippen LogP contribution in [0.25, 0.3) is 11.3 Å². The number of rotatable bonds is 4. The van der Waals surface area contributed by atoms with E-state index >= 15 is 0 Å². The molecule has 0 saturated carbocycles. The Labute approximate surface area is 136 Å². The fraction of sp³-hybridized carbons (Fsp3) is 0. The number of aromatic amines is 1. The van der Waals surface area contributed by atoms with Gasteiger partial charge < -0.3 is 4.98 Å². The Morgan fingerprint density at radius 2 is 1.78 bits per heavy atom. The first-order chi connectivity index (χ1) is 11.1. The van der Waals surface area contributed by atoms with E-state index in [1.165, 1.54) is 18.2 Å². The second-order valence-corrected chi connectivity index (χ2v) is 5.29. The summed E-state index contributed by atoms with van der Waals surface area (Å²) in [7, 11) is 0. The summed E-state index contributed by atoms with van der Waals surface area (Å²) in [5.74, 6) is -0.287. The predicted molar refractivity (Wildman–Crippen MR) is 87.8 cm³/mol. The maximum Gasteiger partial charge on any atom is 0.270 e. The largest absolute Gasteiger partial charge is 0.361 e. The second kappa shape index (κ2) is 6.06. The summed E-state index contributed by atoms with van der Waals surface area (Å²) in [6, 6.07) is 14.9. The van der Waals surface area contributed by atoms with Crippen molar-refractivity contribution in [1.29, 1.82) is 0 Å². The van der Waals surface area contributed by atoms with E-state index in [1.807, 2.05) is 30.3 Å². The molecule has 0 spiro atoms. The third-order valence-electron chi connectivity index (χ3n) is 3.46. The number of hydrogen-bond donors (Lipinski definition) is 1. The van der Waals surface area contributed by atoms with Gasteiger partial charge in [0.05, 0.1) is 15.6 Å². The number of nitro groups is 1. The first kappa shape index (κ1) is 15.0. The molecule has 0 aliphatic rings. The van der Waals surface area contributed by atoms with Gasteiger partial charge in [-0.15, -0.1) is 0 Å². The van der Waals surface area contributed by atoms with Crippen molar-refractivity contribution in [3.63, 3.8) is 0 Å². The van der Waals surface area contributed by atoms with Gasteiger partial charge in [0.15, 0.2) is 5.78 Å². The smallest absolute Gasteiger partial charge is 0.270 e. The van der Waals surface area contributed by atoms with Crippen LogP contribution < -0.4 is 0 Å². The Hall–Kier alpha value is -2.92. The number of ketones is 1. The lowest BCUT2D eigenvalue weighted by Crippen LogP contribution is -2.03. The number of nitro benzene ring substituents is 1. The minimum Gasteiger partial charge on any atom is -0.361 e. The summed E-state index contributed by atoms with van der Waals surface area (Å²) in [5, 5.41) is 10.8. The number of nitrogens with one attached hydrogen (secondary N) is 1. The maximum absolute atomic E-state index is 12.7. The number of halogens is 1. The van der Waals surface area contributed by atoms with Gasteiger partial charge in [0, 0.05) is 29.5 Å². The summed E-state index contributed by atoms with van der Waals surface area (Å²) in [6.07, 6.45) is 1.68. The average molecular weight is 327 g/mol. The summed E-state index contributed by atoms with van der Waals surface area (Å²) >= 11 is 6.05. The van der Waals surface area contributed by atoms with Crippen molar-refractivity contribution in [2.24, 2.45) is 0 Å². The molecule has 0 bridgehead atoms. The highest BCUT2D eigenvalue weighted by molar-refractivity contribution is 6.35. The molecule has 6 heteroatoms. The Kier molecular flexibility index (Phi) is 3.95. The van der Waals surface area contributed by atoms with Gasteiger partial charge in [-0.2, -0.15) is 0 Å². The van der Waals surface area contributed by atoms with Crippen molar-refractivity contribution in [3.05, 3.63) is 87.1 Å². The number of aromatic nitrogens is 1. The van der Waals surface area contributed by atoms with Crippen LogP contribution in [0.15, 0.2) is 60.8 Å². The molecule has 3 rings (SSSR count). The molecular weight excluding hydrogens is 316 g/mol. The van der Waals surface area contributed by atoms with E-state index < -0.39 is 4.92 Å². The highest BCUT2D eigenvalue weighted by Gasteiger charge is 2.20. The van der Waals surface area contributed by atoms with Crippen molar-refractivity contribution < 1.29 is 9.72 Å². The van der Waals surface area contributed by atoms with Gasteiger partial charge in [-0.1, -0.05) is 41.9 Å². The van der Waals surface area contributed by atoms with E-state index in [2.05, 4.69) is 4.98 Å². The summed E-state index contributed by atoms with van der Waals surface area (Å²) in [5.41, 5.74) is 2.11. The van der Waals surface area contributed by atoms with Gasteiger partial charge in [0.1, 0.15) is 0 Å². The molecule has 23 heavy (non-hydrogen) atoms. The summed E-state index contributed by atoms with van der Waals surface area (Å²) < 4.78 is 0. The molecule has 1 N–H and O–H groups in total. The molecule has 0 amide bonds. The zero-order valence-corrected chi connectivity index (χ0v) is 12.6. The van der Waals surface area contributed by atoms with Gasteiger partial charge in [0.2, 0.25) is 0 Å². The highest BCUT2D eigenvalue weighted by Crippen LogP contribution is 2.28. The van der Waals surface area contributed by atoms with Crippen LogP contribution in [0.5, 0.6) is 0 Å². The predicted octanol–water partition coefficient (Wildman–Crippen LogP) is 4.47. The Morgan fingerprint density at radius 1 is 1.04 bits per heavy atom. The van der Waals surface area contributed by atoms with Crippen molar-refractivity contribution in [3.8, 4) is 11.3 Å². The summed E-state index contributed by atoms with van der Waals surface area (Å²) in [6.45, 7) is 0. The zero-order valence-electron chi connectivity index (χ0n) is 11.8. The van der Waals surface area contributed by atoms with Crippen LogP contribution in [0.2, 0.25) is 5.02 Å². The van der Waals surface area contributed by atoms with E-state index in [4.69, 9.17) is 11.6 Å². The number of benzene rings is 2. The molecule has 2 aromatic carbocycles. The van der Waals surface area contributed by atoms with Crippen molar-refractivity contribution in [1.82, 2.24) is 4.98 Å². The van der Waals surface area contributed by atoms with Crippen LogP contribution >= 0.6 is 11.6 Å². The first-order valence-corrected chi connectivity index (χ1v) is 7.17. The van der Waals surface area contributed by atoms with E-state index in [1.54, 1.807) is 12.3 Å². The van der Waals surface area contributed by atoms with E-state index in [0.717, 1.165) is 5.56 Å². The molecule has 0 saturated heterocycles. The quantitative estimate of drug-likeness (QED) is 0.436. The molecule has 0 unspecified atom stereocenters. The third kappa shape index (κ3) is 2.86. The molecule has 5 nitrogen and oxygen atoms in total. The van der Waals surface area contributed by atoms with Gasteiger partial charge in [-0.25, -0.2) is 0 Å². The van der Waals surface area contributed by atoms with Crippen LogP contribution in [-0.2, 0) is 0 Å². The molecule has 114 valence electrons. The fourth-order valence-corrected chi connectivity index (χ4v) is 2.61. The average Bonchev–Trinajstić information content (AvgIpc) is 3.04. The van der Waals surface area contributed by atoms with E-state index in [9.17, 15) is 14.9 Å². The summed E-state index contributed by atoms with van der Waals surface area (Å²) in [4.78, 5) is 26.0. The van der Waals surface area contributed by atoms with Crippen LogP contribution in [-0.4, -0.2) is 15.7 Å². The Morgan fingerprint density at radius 3 is 2.43 bits per heavy atom. The molecule has 1 aromatic heterocycles. The van der Waals surface area contributed by atoms with Crippen LogP contribution in [0, 0.1) is 10.1 Å². The molecule has 1 heterocycles. The van der Waals surface area contributed by atoms with Crippen LogP contribution in [0.3, 0.4) is 0 Å². The van der Waals surface area contributed by atoms with Crippen LogP contribution in [0.4, 0.5) is 5.69 Å². The van der Waals surface area contributed by atoms with Gasteiger partial charge >= 0.3 is 0 Å². The number of H-pyrrole nitrogens is 1.